The first-order chi connectivity index (χ1) is 9.94. The molecule has 0 radical (unpaired) electrons. The summed E-state index contributed by atoms with van der Waals surface area (Å²) in [4.78, 5) is 0. The number of alkyl halides is 3. The summed E-state index contributed by atoms with van der Waals surface area (Å²) in [5, 5.41) is 0. The van der Waals surface area contributed by atoms with Crippen LogP contribution >= 0.6 is 43.5 Å². The van der Waals surface area contributed by atoms with Gasteiger partial charge < -0.3 is 4.74 Å². The molecule has 0 N–H and O–H groups in total. The third-order valence-electron chi connectivity index (χ3n) is 2.81. The molecule has 0 aliphatic carbocycles. The normalized spacial score (nSPS) is 11.5. The van der Waals surface area contributed by atoms with Crippen LogP contribution in [0.15, 0.2) is 51.4 Å². The molecule has 0 aromatic heterocycles. The fourth-order valence-corrected chi connectivity index (χ4v) is 3.42. The van der Waals surface area contributed by atoms with E-state index in [2.05, 4.69) is 31.9 Å². The Labute approximate surface area is 143 Å². The molecule has 2 aromatic carbocycles. The zero-order valence-electron chi connectivity index (χ0n) is 10.8. The van der Waals surface area contributed by atoms with Gasteiger partial charge in [0.2, 0.25) is 0 Å². The zero-order chi connectivity index (χ0) is 15.5. The first kappa shape index (κ1) is 16.7. The van der Waals surface area contributed by atoms with Crippen molar-refractivity contribution in [1.82, 2.24) is 0 Å². The van der Waals surface area contributed by atoms with E-state index >= 15 is 0 Å². The lowest BCUT2D eigenvalue weighted by Crippen LogP contribution is -2.23. The number of hydrogen-bond donors (Lipinski definition) is 0. The quantitative estimate of drug-likeness (QED) is 0.509. The highest BCUT2D eigenvalue weighted by molar-refractivity contribution is 9.11. The third kappa shape index (κ3) is 4.18. The Bertz CT molecular complexity index is 597. The van der Waals surface area contributed by atoms with Crippen molar-refractivity contribution in [3.05, 3.63) is 62.5 Å². The monoisotopic (exact) mass is 438 g/mol. The molecule has 0 fully saturated rings. The average molecular weight is 441 g/mol. The van der Waals surface area contributed by atoms with Gasteiger partial charge in [-0.15, -0.1) is 11.6 Å². The van der Waals surface area contributed by atoms with Gasteiger partial charge in [-0.3, -0.25) is 0 Å². The van der Waals surface area contributed by atoms with Crippen molar-refractivity contribution in [1.29, 1.82) is 0 Å². The van der Waals surface area contributed by atoms with E-state index in [4.69, 9.17) is 16.3 Å². The van der Waals surface area contributed by atoms with Gasteiger partial charge in [0.1, 0.15) is 5.75 Å². The molecule has 0 amide bonds. The van der Waals surface area contributed by atoms with Crippen LogP contribution < -0.4 is 4.74 Å². The second kappa shape index (κ2) is 7.07. The lowest BCUT2D eigenvalue weighted by molar-refractivity contribution is -0.0471. The SMILES string of the molecule is FC(F)(COc1c(Br)cc(CCl)cc1Br)c1ccccc1. The van der Waals surface area contributed by atoms with Crippen LogP contribution in [0.25, 0.3) is 0 Å². The summed E-state index contributed by atoms with van der Waals surface area (Å²) < 4.78 is 34.6. The molecule has 0 spiro atoms. The molecule has 1 nitrogen and oxygen atoms in total. The van der Waals surface area contributed by atoms with E-state index in [1.54, 1.807) is 30.3 Å². The van der Waals surface area contributed by atoms with Crippen LogP contribution in [-0.4, -0.2) is 6.61 Å². The molecule has 0 aliphatic heterocycles. The maximum Gasteiger partial charge on any atom is 0.306 e. The van der Waals surface area contributed by atoms with E-state index in [1.165, 1.54) is 12.1 Å². The topological polar surface area (TPSA) is 9.23 Å². The van der Waals surface area contributed by atoms with Crippen molar-refractivity contribution >= 4 is 43.5 Å². The largest absolute Gasteiger partial charge is 0.485 e. The molecule has 0 heterocycles. The standard InChI is InChI=1S/C15H11Br2ClF2O/c16-12-6-10(8-18)7-13(17)14(12)21-9-15(19,20)11-4-2-1-3-5-11/h1-7H,8-9H2. The van der Waals surface area contributed by atoms with Gasteiger partial charge >= 0.3 is 5.92 Å². The molecule has 112 valence electrons. The van der Waals surface area contributed by atoms with Gasteiger partial charge in [-0.25, -0.2) is 0 Å². The van der Waals surface area contributed by atoms with Crippen molar-refractivity contribution in [2.45, 2.75) is 11.8 Å². The Morgan fingerprint density at radius 2 is 1.62 bits per heavy atom. The van der Waals surface area contributed by atoms with Crippen LogP contribution in [-0.2, 0) is 11.8 Å². The van der Waals surface area contributed by atoms with Gasteiger partial charge in [-0.2, -0.15) is 8.78 Å². The summed E-state index contributed by atoms with van der Waals surface area (Å²) >= 11 is 12.4. The summed E-state index contributed by atoms with van der Waals surface area (Å²) in [5.74, 6) is -2.40. The molecule has 2 rings (SSSR count). The Morgan fingerprint density at radius 1 is 1.05 bits per heavy atom. The second-order valence-corrected chi connectivity index (χ2v) is 6.36. The number of benzene rings is 2. The summed E-state index contributed by atoms with van der Waals surface area (Å²) in [6.45, 7) is -0.742. The minimum absolute atomic E-state index is 0.0744. The van der Waals surface area contributed by atoms with E-state index < -0.39 is 12.5 Å². The Morgan fingerprint density at radius 3 is 2.14 bits per heavy atom. The highest BCUT2D eigenvalue weighted by Crippen LogP contribution is 2.37. The van der Waals surface area contributed by atoms with Gasteiger partial charge in [0.25, 0.3) is 0 Å². The molecule has 0 saturated heterocycles. The molecular weight excluding hydrogens is 429 g/mol. The first-order valence-corrected chi connectivity index (χ1v) is 8.16. The molecule has 0 aliphatic rings. The minimum atomic E-state index is -3.06. The van der Waals surface area contributed by atoms with Gasteiger partial charge in [0.05, 0.1) is 8.95 Å². The average Bonchev–Trinajstić information content (AvgIpc) is 2.47. The lowest BCUT2D eigenvalue weighted by Gasteiger charge is -2.19. The van der Waals surface area contributed by atoms with E-state index in [0.717, 1.165) is 5.56 Å². The Kier molecular flexibility index (Phi) is 5.63. The maximum atomic E-state index is 14.1. The van der Waals surface area contributed by atoms with Crippen LogP contribution in [0.5, 0.6) is 5.75 Å². The van der Waals surface area contributed by atoms with E-state index in [9.17, 15) is 8.78 Å². The van der Waals surface area contributed by atoms with E-state index in [0.29, 0.717) is 20.6 Å². The van der Waals surface area contributed by atoms with Gasteiger partial charge in [0, 0.05) is 11.4 Å². The van der Waals surface area contributed by atoms with Crippen molar-refractivity contribution < 1.29 is 13.5 Å². The molecule has 21 heavy (non-hydrogen) atoms. The highest BCUT2D eigenvalue weighted by atomic mass is 79.9. The fourth-order valence-electron chi connectivity index (χ4n) is 1.76. The van der Waals surface area contributed by atoms with Crippen LogP contribution in [0, 0.1) is 0 Å². The number of rotatable bonds is 5. The zero-order valence-corrected chi connectivity index (χ0v) is 14.7. The third-order valence-corrected chi connectivity index (χ3v) is 4.29. The summed E-state index contributed by atoms with van der Waals surface area (Å²) in [6.07, 6.45) is 0. The van der Waals surface area contributed by atoms with Crippen LogP contribution in [0.2, 0.25) is 0 Å². The van der Waals surface area contributed by atoms with Gasteiger partial charge in [-0.05, 0) is 49.6 Å². The molecular formula is C15H11Br2ClF2O. The molecule has 0 unspecified atom stereocenters. The second-order valence-electron chi connectivity index (χ2n) is 4.38. The lowest BCUT2D eigenvalue weighted by atomic mass is 10.1. The maximum absolute atomic E-state index is 14.1. The number of ether oxygens (including phenoxy) is 1. The number of halogens is 5. The first-order valence-electron chi connectivity index (χ1n) is 6.04. The van der Waals surface area contributed by atoms with Crippen molar-refractivity contribution in [3.8, 4) is 5.75 Å². The predicted octanol–water partition coefficient (Wildman–Crippen LogP) is 6.12. The van der Waals surface area contributed by atoms with Crippen molar-refractivity contribution in [2.75, 3.05) is 6.61 Å². The summed E-state index contributed by atoms with van der Waals surface area (Å²) in [7, 11) is 0. The smallest absolute Gasteiger partial charge is 0.306 e. The summed E-state index contributed by atoms with van der Waals surface area (Å²) in [6, 6.07) is 11.1. The van der Waals surface area contributed by atoms with Crippen LogP contribution in [0.4, 0.5) is 8.78 Å². The fraction of sp³-hybridized carbons (Fsp3) is 0.200. The Hall–Kier alpha value is -0.650. The van der Waals surface area contributed by atoms with Gasteiger partial charge in [-0.1, -0.05) is 30.3 Å². The molecule has 0 bridgehead atoms. The van der Waals surface area contributed by atoms with Crippen LogP contribution in [0.1, 0.15) is 11.1 Å². The number of hydrogen-bond acceptors (Lipinski definition) is 1. The van der Waals surface area contributed by atoms with E-state index in [-0.39, 0.29) is 5.56 Å². The molecule has 0 saturated carbocycles. The Balaban J connectivity index is 2.17. The molecule has 6 heteroatoms. The van der Waals surface area contributed by atoms with Crippen LogP contribution in [0.3, 0.4) is 0 Å². The highest BCUT2D eigenvalue weighted by Gasteiger charge is 2.33. The minimum Gasteiger partial charge on any atom is -0.485 e. The molecule has 2 aromatic rings. The van der Waals surface area contributed by atoms with Gasteiger partial charge in [0.15, 0.2) is 6.61 Å². The van der Waals surface area contributed by atoms with E-state index in [1.807, 2.05) is 0 Å². The van der Waals surface area contributed by atoms with Crippen molar-refractivity contribution in [3.63, 3.8) is 0 Å². The predicted molar refractivity (Wildman–Crippen MR) is 87.2 cm³/mol. The summed E-state index contributed by atoms with van der Waals surface area (Å²) in [5.41, 5.74) is 0.784. The molecule has 0 atom stereocenters. The van der Waals surface area contributed by atoms with Crippen molar-refractivity contribution in [2.24, 2.45) is 0 Å².